The second kappa shape index (κ2) is 11.9. The standard InChI is InChI=1S/C35H34FN7O2S/c1-3-27-33(41(2)34-40-32(28(19-37)46-34)23-4-8-26(36)9-5-23)43-21-25(7-11-31(43)39-27)24-6-10-30(38-20-24)42-16-12-22(13-17-42)18-29(44)35(45)14-15-35/h4-11,20-22,45H,3,12-18H2,1-2H3. The molecule has 9 nitrogen and oxygen atoms in total. The predicted octanol–water partition coefficient (Wildman–Crippen LogP) is 6.56. The molecule has 1 saturated heterocycles. The second-order valence-electron chi connectivity index (χ2n) is 12.2. The Kier molecular flexibility index (Phi) is 7.79. The van der Waals surface area contributed by atoms with Crippen molar-refractivity contribution in [3.8, 4) is 28.5 Å². The zero-order valence-electron chi connectivity index (χ0n) is 25.8. The van der Waals surface area contributed by atoms with E-state index < -0.39 is 5.60 Å². The van der Waals surface area contributed by atoms with Crippen molar-refractivity contribution in [2.24, 2.45) is 5.92 Å². The van der Waals surface area contributed by atoms with E-state index in [-0.39, 0.29) is 11.6 Å². The van der Waals surface area contributed by atoms with E-state index in [0.29, 0.717) is 52.9 Å². The summed E-state index contributed by atoms with van der Waals surface area (Å²) >= 11 is 1.29. The molecule has 0 bridgehead atoms. The van der Waals surface area contributed by atoms with Gasteiger partial charge in [-0.05, 0) is 86.6 Å². The molecule has 2 aliphatic rings. The Morgan fingerprint density at radius 1 is 1.09 bits per heavy atom. The smallest absolute Gasteiger partial charge is 0.192 e. The number of fused-ring (bicyclic) bond motifs is 1. The third-order valence-electron chi connectivity index (χ3n) is 9.17. The van der Waals surface area contributed by atoms with Crippen LogP contribution in [0.5, 0.6) is 0 Å². The summed E-state index contributed by atoms with van der Waals surface area (Å²) in [7, 11) is 1.92. The Balaban J connectivity index is 1.12. The lowest BCUT2D eigenvalue weighted by Gasteiger charge is -2.33. The molecule has 0 atom stereocenters. The van der Waals surface area contributed by atoms with Crippen LogP contribution in [0.2, 0.25) is 0 Å². The van der Waals surface area contributed by atoms with Gasteiger partial charge in [0.05, 0.1) is 5.69 Å². The summed E-state index contributed by atoms with van der Waals surface area (Å²) in [5, 5.41) is 20.6. The second-order valence-corrected chi connectivity index (χ2v) is 13.2. The molecule has 0 unspecified atom stereocenters. The Labute approximate surface area is 270 Å². The van der Waals surface area contributed by atoms with Gasteiger partial charge < -0.3 is 14.9 Å². The van der Waals surface area contributed by atoms with Crippen molar-refractivity contribution in [2.45, 2.75) is 51.0 Å². The van der Waals surface area contributed by atoms with Crippen LogP contribution in [0.15, 0.2) is 60.9 Å². The van der Waals surface area contributed by atoms with Gasteiger partial charge in [0, 0.05) is 55.6 Å². The molecule has 1 N–H and O–H groups in total. The first-order valence-corrected chi connectivity index (χ1v) is 16.5. The highest BCUT2D eigenvalue weighted by atomic mass is 32.1. The van der Waals surface area contributed by atoms with Crippen molar-refractivity contribution < 1.29 is 14.3 Å². The predicted molar refractivity (Wildman–Crippen MR) is 177 cm³/mol. The normalized spacial score (nSPS) is 16.0. The molecule has 1 aliphatic heterocycles. The van der Waals surface area contributed by atoms with E-state index in [9.17, 15) is 19.6 Å². The van der Waals surface area contributed by atoms with Gasteiger partial charge in [0.25, 0.3) is 0 Å². The summed E-state index contributed by atoms with van der Waals surface area (Å²) in [5.41, 5.74) is 3.86. The van der Waals surface area contributed by atoms with Crippen molar-refractivity contribution in [3.05, 3.63) is 77.3 Å². The number of Topliss-reactive ketones (excluding diaryl/α,β-unsaturated/α-hetero) is 1. The monoisotopic (exact) mass is 635 g/mol. The maximum absolute atomic E-state index is 13.6. The summed E-state index contributed by atoms with van der Waals surface area (Å²) < 4.78 is 15.6. The van der Waals surface area contributed by atoms with Crippen molar-refractivity contribution in [1.29, 1.82) is 5.26 Å². The van der Waals surface area contributed by atoms with Gasteiger partial charge in [0.15, 0.2) is 10.9 Å². The molecule has 2 fully saturated rings. The number of carbonyl (C=O) groups excluding carboxylic acids is 1. The number of anilines is 3. The number of aryl methyl sites for hydroxylation is 1. The molecule has 1 saturated carbocycles. The number of aromatic nitrogens is 4. The van der Waals surface area contributed by atoms with Gasteiger partial charge in [0.1, 0.15) is 45.3 Å². The van der Waals surface area contributed by atoms with Gasteiger partial charge >= 0.3 is 0 Å². The van der Waals surface area contributed by atoms with E-state index in [4.69, 9.17) is 15.0 Å². The van der Waals surface area contributed by atoms with Crippen LogP contribution in [0.3, 0.4) is 0 Å². The maximum Gasteiger partial charge on any atom is 0.192 e. The van der Waals surface area contributed by atoms with Crippen molar-refractivity contribution >= 4 is 39.5 Å². The number of imidazole rings is 1. The van der Waals surface area contributed by atoms with Crippen LogP contribution < -0.4 is 9.80 Å². The molecule has 4 aromatic heterocycles. The number of pyridine rings is 2. The number of nitriles is 1. The molecule has 0 radical (unpaired) electrons. The number of halogens is 1. The zero-order valence-corrected chi connectivity index (χ0v) is 26.6. The minimum absolute atomic E-state index is 0.0111. The summed E-state index contributed by atoms with van der Waals surface area (Å²) in [6.07, 6.45) is 8.19. The highest BCUT2D eigenvalue weighted by molar-refractivity contribution is 7.16. The maximum atomic E-state index is 13.6. The number of piperidine rings is 1. The molecule has 1 aromatic carbocycles. The number of hydrogen-bond acceptors (Lipinski definition) is 9. The Hall–Kier alpha value is -4.66. The summed E-state index contributed by atoms with van der Waals surface area (Å²) in [5.74, 6) is 1.77. The van der Waals surface area contributed by atoms with Gasteiger partial charge in [-0.25, -0.2) is 19.3 Å². The first-order chi connectivity index (χ1) is 22.3. The third-order valence-corrected chi connectivity index (χ3v) is 10.2. The zero-order chi connectivity index (χ0) is 32.0. The number of rotatable bonds is 9. The molecular formula is C35H34FN7O2S. The van der Waals surface area contributed by atoms with E-state index in [2.05, 4.69) is 34.6 Å². The number of hydrogen-bond donors (Lipinski definition) is 1. The topological polar surface area (TPSA) is 111 Å². The molecule has 46 heavy (non-hydrogen) atoms. The fourth-order valence-electron chi connectivity index (χ4n) is 6.23. The quantitative estimate of drug-likeness (QED) is 0.194. The number of aliphatic hydroxyl groups is 1. The van der Waals surface area contributed by atoms with Gasteiger partial charge in [0.2, 0.25) is 0 Å². The number of nitrogens with zero attached hydrogens (tertiary/aromatic N) is 7. The van der Waals surface area contributed by atoms with Crippen LogP contribution in [-0.2, 0) is 11.2 Å². The molecule has 5 heterocycles. The summed E-state index contributed by atoms with van der Waals surface area (Å²) in [4.78, 5) is 31.5. The molecule has 1 aliphatic carbocycles. The van der Waals surface area contributed by atoms with Crippen LogP contribution in [0, 0.1) is 23.1 Å². The SMILES string of the molecule is CCc1nc2ccc(-c3ccc(N4CCC(CC(=O)C5(O)CC5)CC4)nc3)cn2c1N(C)c1nc(-c2ccc(F)cc2)c(C#N)s1. The first kappa shape index (κ1) is 30.0. The van der Waals surface area contributed by atoms with E-state index in [1.807, 2.05) is 36.3 Å². The minimum Gasteiger partial charge on any atom is -0.382 e. The van der Waals surface area contributed by atoms with Crippen LogP contribution in [0.25, 0.3) is 28.0 Å². The molecule has 11 heteroatoms. The van der Waals surface area contributed by atoms with E-state index >= 15 is 0 Å². The largest absolute Gasteiger partial charge is 0.382 e. The summed E-state index contributed by atoms with van der Waals surface area (Å²) in [6.45, 7) is 3.74. The van der Waals surface area contributed by atoms with Crippen LogP contribution >= 0.6 is 11.3 Å². The molecular weight excluding hydrogens is 601 g/mol. The van der Waals surface area contributed by atoms with Gasteiger partial charge in [-0.15, -0.1) is 0 Å². The fourth-order valence-corrected chi connectivity index (χ4v) is 7.07. The Morgan fingerprint density at radius 3 is 2.46 bits per heavy atom. The van der Waals surface area contributed by atoms with E-state index in [1.165, 1.54) is 23.5 Å². The van der Waals surface area contributed by atoms with Crippen LogP contribution in [0.4, 0.5) is 21.2 Å². The Morgan fingerprint density at radius 2 is 1.80 bits per heavy atom. The van der Waals surface area contributed by atoms with E-state index in [1.54, 1.807) is 12.1 Å². The number of thiazole rings is 1. The average Bonchev–Trinajstić information content (AvgIpc) is 3.52. The van der Waals surface area contributed by atoms with Gasteiger partial charge in [-0.3, -0.25) is 9.20 Å². The molecule has 0 amide bonds. The van der Waals surface area contributed by atoms with Crippen LogP contribution in [-0.4, -0.2) is 56.0 Å². The van der Waals surface area contributed by atoms with Gasteiger partial charge in [-0.2, -0.15) is 5.26 Å². The number of carbonyl (C=O) groups is 1. The lowest BCUT2D eigenvalue weighted by Crippen LogP contribution is -2.36. The fraction of sp³-hybridized carbons (Fsp3) is 0.343. The van der Waals surface area contributed by atoms with E-state index in [0.717, 1.165) is 60.0 Å². The van der Waals surface area contributed by atoms with Gasteiger partial charge in [-0.1, -0.05) is 18.3 Å². The van der Waals surface area contributed by atoms with Crippen molar-refractivity contribution in [1.82, 2.24) is 19.4 Å². The van der Waals surface area contributed by atoms with Crippen LogP contribution in [0.1, 0.15) is 49.6 Å². The number of ketones is 1. The van der Waals surface area contributed by atoms with Crippen molar-refractivity contribution in [2.75, 3.05) is 29.9 Å². The molecule has 0 spiro atoms. The molecule has 7 rings (SSSR count). The molecule has 5 aromatic rings. The Bertz CT molecular complexity index is 1950. The lowest BCUT2D eigenvalue weighted by atomic mass is 9.90. The number of benzene rings is 1. The third kappa shape index (κ3) is 5.63. The molecule has 234 valence electrons. The van der Waals surface area contributed by atoms with Crippen molar-refractivity contribution in [3.63, 3.8) is 0 Å². The average molecular weight is 636 g/mol. The highest BCUT2D eigenvalue weighted by Gasteiger charge is 2.47. The minimum atomic E-state index is -1.03. The highest BCUT2D eigenvalue weighted by Crippen LogP contribution is 2.39. The lowest BCUT2D eigenvalue weighted by molar-refractivity contribution is -0.130. The summed E-state index contributed by atoms with van der Waals surface area (Å²) in [6, 6.07) is 16.4. The first-order valence-electron chi connectivity index (χ1n) is 15.6.